The molecule has 0 aliphatic carbocycles. The van der Waals surface area contributed by atoms with Crippen molar-refractivity contribution >= 4 is 11.6 Å². The molecule has 2 rings (SSSR count). The van der Waals surface area contributed by atoms with E-state index in [4.69, 9.17) is 5.73 Å². The van der Waals surface area contributed by atoms with Gasteiger partial charge in [-0.05, 0) is 19.1 Å². The fourth-order valence-corrected chi connectivity index (χ4v) is 1.83. The first-order chi connectivity index (χ1) is 9.47. The van der Waals surface area contributed by atoms with Gasteiger partial charge < -0.3 is 15.6 Å². The van der Waals surface area contributed by atoms with E-state index < -0.39 is 28.8 Å². The van der Waals surface area contributed by atoms with Crippen molar-refractivity contribution < 1.29 is 13.6 Å². The van der Waals surface area contributed by atoms with E-state index in [1.807, 2.05) is 0 Å². The van der Waals surface area contributed by atoms with Crippen LogP contribution in [-0.4, -0.2) is 21.5 Å². The van der Waals surface area contributed by atoms with Crippen LogP contribution in [0.25, 0.3) is 0 Å². The van der Waals surface area contributed by atoms with Crippen LogP contribution in [-0.2, 0) is 6.54 Å². The SMILES string of the molecule is CC(Cn1ccnc1)NC(=O)c1cc(F)cc(N)c1F. The largest absolute Gasteiger partial charge is 0.396 e. The topological polar surface area (TPSA) is 72.9 Å². The van der Waals surface area contributed by atoms with Crippen LogP contribution in [0.15, 0.2) is 30.9 Å². The van der Waals surface area contributed by atoms with Gasteiger partial charge in [0.2, 0.25) is 0 Å². The Morgan fingerprint density at radius 2 is 2.25 bits per heavy atom. The third-order valence-electron chi connectivity index (χ3n) is 2.73. The lowest BCUT2D eigenvalue weighted by Crippen LogP contribution is -2.36. The molecule has 2 aromatic rings. The van der Waals surface area contributed by atoms with Crippen LogP contribution in [0.2, 0.25) is 0 Å². The lowest BCUT2D eigenvalue weighted by molar-refractivity contribution is 0.0932. The number of nitrogen functional groups attached to an aromatic ring is 1. The highest BCUT2D eigenvalue weighted by Gasteiger charge is 2.17. The molecule has 1 amide bonds. The van der Waals surface area contributed by atoms with E-state index in [1.54, 1.807) is 30.2 Å². The molecule has 0 saturated carbocycles. The number of imidazole rings is 1. The smallest absolute Gasteiger partial charge is 0.254 e. The number of halogens is 2. The minimum atomic E-state index is -0.918. The summed E-state index contributed by atoms with van der Waals surface area (Å²) in [7, 11) is 0. The molecule has 1 unspecified atom stereocenters. The molecule has 0 spiro atoms. The minimum Gasteiger partial charge on any atom is -0.396 e. The minimum absolute atomic E-state index is 0.277. The molecular weight excluding hydrogens is 266 g/mol. The number of nitrogens with two attached hydrogens (primary N) is 1. The maximum Gasteiger partial charge on any atom is 0.254 e. The Hall–Kier alpha value is -2.44. The second kappa shape index (κ2) is 5.68. The standard InChI is InChI=1S/C13H14F2N4O/c1-8(6-19-3-2-17-7-19)18-13(20)10-4-9(14)5-11(16)12(10)15/h2-5,7-8H,6,16H2,1H3,(H,18,20). The normalized spacial score (nSPS) is 12.2. The van der Waals surface area contributed by atoms with Gasteiger partial charge in [0.1, 0.15) is 5.82 Å². The molecule has 0 bridgehead atoms. The average Bonchev–Trinajstić information content (AvgIpc) is 2.86. The molecule has 20 heavy (non-hydrogen) atoms. The third-order valence-corrected chi connectivity index (χ3v) is 2.73. The molecule has 7 heteroatoms. The van der Waals surface area contributed by atoms with E-state index in [1.165, 1.54) is 0 Å². The van der Waals surface area contributed by atoms with Gasteiger partial charge in [0, 0.05) is 25.0 Å². The number of benzene rings is 1. The van der Waals surface area contributed by atoms with Crippen LogP contribution in [0.4, 0.5) is 14.5 Å². The third kappa shape index (κ3) is 3.11. The average molecular weight is 280 g/mol. The summed E-state index contributed by atoms with van der Waals surface area (Å²) < 4.78 is 28.6. The number of rotatable bonds is 4. The molecule has 0 aliphatic rings. The summed E-state index contributed by atoms with van der Waals surface area (Å²) >= 11 is 0. The van der Waals surface area contributed by atoms with Crippen LogP contribution >= 0.6 is 0 Å². The van der Waals surface area contributed by atoms with Gasteiger partial charge in [-0.15, -0.1) is 0 Å². The first-order valence-electron chi connectivity index (χ1n) is 5.98. The summed E-state index contributed by atoms with van der Waals surface area (Å²) in [5, 5.41) is 2.58. The summed E-state index contributed by atoms with van der Waals surface area (Å²) in [6.07, 6.45) is 4.95. The van der Waals surface area contributed by atoms with Crippen molar-refractivity contribution in [2.24, 2.45) is 0 Å². The number of nitrogens with one attached hydrogen (secondary N) is 1. The van der Waals surface area contributed by atoms with Gasteiger partial charge in [-0.1, -0.05) is 0 Å². The predicted molar refractivity (Wildman–Crippen MR) is 69.9 cm³/mol. The van der Waals surface area contributed by atoms with Crippen LogP contribution < -0.4 is 11.1 Å². The number of hydrogen-bond acceptors (Lipinski definition) is 3. The van der Waals surface area contributed by atoms with Crippen LogP contribution in [0, 0.1) is 11.6 Å². The highest BCUT2D eigenvalue weighted by molar-refractivity contribution is 5.95. The first-order valence-corrected chi connectivity index (χ1v) is 5.98. The van der Waals surface area contributed by atoms with Crippen molar-refractivity contribution in [1.29, 1.82) is 0 Å². The maximum absolute atomic E-state index is 13.7. The number of hydrogen-bond donors (Lipinski definition) is 2. The van der Waals surface area contributed by atoms with E-state index in [2.05, 4.69) is 10.3 Å². The predicted octanol–water partition coefficient (Wildman–Crippen LogP) is 1.56. The molecule has 1 atom stereocenters. The van der Waals surface area contributed by atoms with E-state index in [0.29, 0.717) is 6.54 Å². The molecule has 1 aromatic heterocycles. The fourth-order valence-electron chi connectivity index (χ4n) is 1.83. The molecule has 0 fully saturated rings. The van der Waals surface area contributed by atoms with Gasteiger partial charge in [-0.2, -0.15) is 0 Å². The van der Waals surface area contributed by atoms with Crippen molar-refractivity contribution in [3.05, 3.63) is 48.1 Å². The lowest BCUT2D eigenvalue weighted by Gasteiger charge is -2.15. The first kappa shape index (κ1) is 14.0. The van der Waals surface area contributed by atoms with Gasteiger partial charge >= 0.3 is 0 Å². The van der Waals surface area contributed by atoms with Gasteiger partial charge in [-0.25, -0.2) is 13.8 Å². The molecule has 1 heterocycles. The van der Waals surface area contributed by atoms with E-state index in [0.717, 1.165) is 12.1 Å². The summed E-state index contributed by atoms with van der Waals surface area (Å²) in [4.78, 5) is 15.8. The highest BCUT2D eigenvalue weighted by atomic mass is 19.1. The van der Waals surface area contributed by atoms with Crippen molar-refractivity contribution in [2.75, 3.05) is 5.73 Å². The Balaban J connectivity index is 2.08. The molecule has 0 radical (unpaired) electrons. The van der Waals surface area contributed by atoms with Gasteiger partial charge in [-0.3, -0.25) is 4.79 Å². The van der Waals surface area contributed by atoms with Crippen LogP contribution in [0.3, 0.4) is 0 Å². The monoisotopic (exact) mass is 280 g/mol. The molecule has 3 N–H and O–H groups in total. The summed E-state index contributed by atoms with van der Waals surface area (Å²) in [6, 6.07) is 1.38. The Bertz CT molecular complexity index is 613. The molecule has 1 aromatic carbocycles. The molecule has 0 saturated heterocycles. The zero-order chi connectivity index (χ0) is 14.7. The zero-order valence-corrected chi connectivity index (χ0v) is 10.8. The van der Waals surface area contributed by atoms with E-state index in [-0.39, 0.29) is 6.04 Å². The Kier molecular flexibility index (Phi) is 3.97. The van der Waals surface area contributed by atoms with E-state index in [9.17, 15) is 13.6 Å². The van der Waals surface area contributed by atoms with Crippen LogP contribution in [0.1, 0.15) is 17.3 Å². The molecule has 0 aliphatic heterocycles. The van der Waals surface area contributed by atoms with Gasteiger partial charge in [0.15, 0.2) is 5.82 Å². The number of carbonyl (C=O) groups is 1. The number of carbonyl (C=O) groups excluding carboxylic acids is 1. The fraction of sp³-hybridized carbons (Fsp3) is 0.231. The maximum atomic E-state index is 13.7. The van der Waals surface area contributed by atoms with Crippen molar-refractivity contribution in [3.63, 3.8) is 0 Å². The zero-order valence-electron chi connectivity index (χ0n) is 10.8. The molecular formula is C13H14F2N4O. The Labute approximate surface area is 114 Å². The summed E-state index contributed by atoms with van der Waals surface area (Å²) in [5.74, 6) is -2.38. The van der Waals surface area contributed by atoms with Crippen molar-refractivity contribution in [1.82, 2.24) is 14.9 Å². The quantitative estimate of drug-likeness (QED) is 0.835. The Morgan fingerprint density at radius 1 is 1.50 bits per heavy atom. The summed E-state index contributed by atoms with van der Waals surface area (Å²) in [5.41, 5.74) is 4.50. The number of nitrogens with zero attached hydrogens (tertiary/aromatic N) is 2. The summed E-state index contributed by atoms with van der Waals surface area (Å²) in [6.45, 7) is 2.22. The second-order valence-corrected chi connectivity index (χ2v) is 4.49. The highest BCUT2D eigenvalue weighted by Crippen LogP contribution is 2.17. The van der Waals surface area contributed by atoms with E-state index >= 15 is 0 Å². The molecule has 5 nitrogen and oxygen atoms in total. The van der Waals surface area contributed by atoms with Crippen LogP contribution in [0.5, 0.6) is 0 Å². The van der Waals surface area contributed by atoms with Gasteiger partial charge in [0.05, 0.1) is 17.6 Å². The lowest BCUT2D eigenvalue weighted by atomic mass is 10.1. The number of amides is 1. The molecule has 106 valence electrons. The number of aromatic nitrogens is 2. The Morgan fingerprint density at radius 3 is 2.90 bits per heavy atom. The van der Waals surface area contributed by atoms with Crippen molar-refractivity contribution in [2.45, 2.75) is 19.5 Å². The number of anilines is 1. The van der Waals surface area contributed by atoms with Gasteiger partial charge in [0.25, 0.3) is 5.91 Å². The second-order valence-electron chi connectivity index (χ2n) is 4.49. The van der Waals surface area contributed by atoms with Crippen molar-refractivity contribution in [3.8, 4) is 0 Å².